The van der Waals surface area contributed by atoms with Crippen LogP contribution in [0.5, 0.6) is 0 Å². The summed E-state index contributed by atoms with van der Waals surface area (Å²) in [7, 11) is 0. The van der Waals surface area contributed by atoms with Crippen LogP contribution in [0.3, 0.4) is 0 Å². The van der Waals surface area contributed by atoms with Gasteiger partial charge in [-0.05, 0) is 38.0 Å². The quantitative estimate of drug-likeness (QED) is 0.612. The van der Waals surface area contributed by atoms with E-state index in [-0.39, 0.29) is 25.4 Å². The summed E-state index contributed by atoms with van der Waals surface area (Å²) in [6.07, 6.45) is -7.60. The normalized spacial score (nSPS) is 23.9. The van der Waals surface area contributed by atoms with Gasteiger partial charge in [0.25, 0.3) is 0 Å². The molecule has 10 heteroatoms. The van der Waals surface area contributed by atoms with Gasteiger partial charge in [-0.25, -0.2) is 14.1 Å². The maximum Gasteiger partial charge on any atom is 0.416 e. The van der Waals surface area contributed by atoms with Crippen LogP contribution in [-0.4, -0.2) is 52.5 Å². The number of nitrogens with zero attached hydrogens (tertiary/aromatic N) is 1. The zero-order chi connectivity index (χ0) is 21.3. The van der Waals surface area contributed by atoms with Gasteiger partial charge in [-0.1, -0.05) is 13.8 Å². The molecule has 2 rings (SSSR count). The number of imide groups is 1. The van der Waals surface area contributed by atoms with E-state index in [9.17, 15) is 37.1 Å². The topological polar surface area (TPSA) is 83.9 Å². The summed E-state index contributed by atoms with van der Waals surface area (Å²) in [6, 6.07) is -0.670. The summed E-state index contributed by atoms with van der Waals surface area (Å²) in [6.45, 7) is 3.36. The molecule has 1 saturated heterocycles. The van der Waals surface area contributed by atoms with E-state index in [1.807, 2.05) is 0 Å². The largest absolute Gasteiger partial charge is 0.481 e. The summed E-state index contributed by atoms with van der Waals surface area (Å²) in [5, 5.41) is 9.48. The molecule has 2 aliphatic rings. The van der Waals surface area contributed by atoms with Gasteiger partial charge in [0.2, 0.25) is 5.91 Å². The van der Waals surface area contributed by atoms with Crippen LogP contribution in [-0.2, 0) is 14.3 Å². The number of carboxylic acids is 1. The van der Waals surface area contributed by atoms with E-state index in [0.29, 0.717) is 6.42 Å². The number of rotatable bonds is 8. The minimum Gasteiger partial charge on any atom is -0.481 e. The lowest BCUT2D eigenvalue weighted by Crippen LogP contribution is -2.50. The van der Waals surface area contributed by atoms with Crippen LogP contribution in [0.25, 0.3) is 0 Å². The highest BCUT2D eigenvalue weighted by molar-refractivity contribution is 5.96. The van der Waals surface area contributed by atoms with Gasteiger partial charge in [-0.15, -0.1) is 0 Å². The molecule has 2 amide bonds. The number of amides is 2. The van der Waals surface area contributed by atoms with Crippen molar-refractivity contribution < 1.29 is 41.8 Å². The Morgan fingerprint density at radius 2 is 1.89 bits per heavy atom. The first-order valence-corrected chi connectivity index (χ1v) is 9.33. The number of aliphatic carboxylic acids is 1. The Morgan fingerprint density at radius 3 is 2.32 bits per heavy atom. The molecule has 0 aromatic carbocycles. The predicted octanol–water partition coefficient (Wildman–Crippen LogP) is 3.93. The molecule has 1 aliphatic heterocycles. The first kappa shape index (κ1) is 22.4. The minimum atomic E-state index is -4.61. The highest BCUT2D eigenvalue weighted by Crippen LogP contribution is 2.44. The zero-order valence-corrected chi connectivity index (χ0v) is 15.8. The van der Waals surface area contributed by atoms with E-state index in [0.717, 1.165) is 4.90 Å². The van der Waals surface area contributed by atoms with Crippen molar-refractivity contribution in [3.05, 3.63) is 0 Å². The summed E-state index contributed by atoms with van der Waals surface area (Å²) < 4.78 is 57.6. The van der Waals surface area contributed by atoms with Crippen LogP contribution >= 0.6 is 0 Å². The Bertz CT molecular complexity index is 618. The van der Waals surface area contributed by atoms with Gasteiger partial charge in [0.1, 0.15) is 12.3 Å². The Balaban J connectivity index is 2.32. The predicted molar refractivity (Wildman–Crippen MR) is 89.0 cm³/mol. The van der Waals surface area contributed by atoms with Crippen LogP contribution in [0.4, 0.5) is 22.4 Å². The number of hydrogen-bond donors (Lipinski definition) is 1. The lowest BCUT2D eigenvalue weighted by Gasteiger charge is -2.39. The number of cyclic esters (lactones) is 1. The van der Waals surface area contributed by atoms with Crippen molar-refractivity contribution in [1.82, 2.24) is 4.90 Å². The van der Waals surface area contributed by atoms with Crippen molar-refractivity contribution in [3.8, 4) is 0 Å². The van der Waals surface area contributed by atoms with Gasteiger partial charge in [0.05, 0.1) is 17.9 Å². The molecule has 1 saturated carbocycles. The first-order chi connectivity index (χ1) is 12.8. The van der Waals surface area contributed by atoms with Crippen molar-refractivity contribution in [2.75, 3.05) is 6.61 Å². The van der Waals surface area contributed by atoms with Gasteiger partial charge in [0.15, 0.2) is 0 Å². The molecule has 0 aromatic rings. The molecule has 28 heavy (non-hydrogen) atoms. The lowest BCUT2D eigenvalue weighted by molar-refractivity contribution is -0.158. The number of carbonyl (C=O) groups excluding carboxylic acids is 2. The molecule has 0 radical (unpaired) electrons. The smallest absolute Gasteiger partial charge is 0.416 e. The number of halogens is 4. The van der Waals surface area contributed by atoms with Crippen molar-refractivity contribution in [2.45, 2.75) is 70.3 Å². The molecule has 0 spiro atoms. The molecule has 3 atom stereocenters. The number of carbonyl (C=O) groups is 3. The second-order valence-electron chi connectivity index (χ2n) is 8.01. The highest BCUT2D eigenvalue weighted by atomic mass is 19.4. The lowest BCUT2D eigenvalue weighted by atomic mass is 9.71. The maximum atomic E-state index is 14.8. The van der Waals surface area contributed by atoms with Crippen LogP contribution < -0.4 is 0 Å². The third kappa shape index (κ3) is 5.14. The SMILES string of the molecule is CC(C)[C@@H]1COC(=O)N1C(=O)[C@@H](CC1(F)CCC1)C(CCC(F)(F)F)C(=O)O. The van der Waals surface area contributed by atoms with E-state index in [1.165, 1.54) is 0 Å². The zero-order valence-electron chi connectivity index (χ0n) is 15.8. The molecule has 1 unspecified atom stereocenters. The summed E-state index contributed by atoms with van der Waals surface area (Å²) in [4.78, 5) is 37.6. The number of alkyl halides is 4. The second kappa shape index (κ2) is 8.24. The third-order valence-electron chi connectivity index (χ3n) is 5.61. The summed E-state index contributed by atoms with van der Waals surface area (Å²) in [5.74, 6) is -6.11. The molecule has 1 heterocycles. The second-order valence-corrected chi connectivity index (χ2v) is 8.01. The molecule has 1 N–H and O–H groups in total. The van der Waals surface area contributed by atoms with Crippen molar-refractivity contribution in [2.24, 2.45) is 17.8 Å². The van der Waals surface area contributed by atoms with E-state index in [4.69, 9.17) is 4.74 Å². The van der Waals surface area contributed by atoms with Gasteiger partial charge < -0.3 is 9.84 Å². The van der Waals surface area contributed by atoms with Gasteiger partial charge >= 0.3 is 18.2 Å². The van der Waals surface area contributed by atoms with Crippen LogP contribution in [0.1, 0.15) is 52.4 Å². The van der Waals surface area contributed by atoms with Gasteiger partial charge in [-0.3, -0.25) is 9.59 Å². The van der Waals surface area contributed by atoms with Gasteiger partial charge in [0, 0.05) is 6.42 Å². The monoisotopic (exact) mass is 411 g/mol. The molecule has 1 aliphatic carbocycles. The van der Waals surface area contributed by atoms with Gasteiger partial charge in [-0.2, -0.15) is 13.2 Å². The van der Waals surface area contributed by atoms with Crippen LogP contribution in [0.15, 0.2) is 0 Å². The standard InChI is InChI=1S/C18H25F4NO5/c1-10(2)13-9-28-16(27)23(13)14(24)12(8-17(19)5-3-6-17)11(15(25)26)4-7-18(20,21)22/h10-13H,3-9H2,1-2H3,(H,25,26)/t11?,12-,13-/m0/s1. The molecule has 160 valence electrons. The third-order valence-corrected chi connectivity index (χ3v) is 5.61. The number of hydrogen-bond acceptors (Lipinski definition) is 4. The number of ether oxygens (including phenoxy) is 1. The maximum absolute atomic E-state index is 14.8. The minimum absolute atomic E-state index is 0.0873. The Labute approximate surface area is 160 Å². The molecular weight excluding hydrogens is 386 g/mol. The van der Waals surface area contributed by atoms with E-state index >= 15 is 0 Å². The fourth-order valence-corrected chi connectivity index (χ4v) is 3.74. The Kier molecular flexibility index (Phi) is 6.60. The molecular formula is C18H25F4NO5. The molecule has 0 bridgehead atoms. The van der Waals surface area contributed by atoms with Crippen LogP contribution in [0.2, 0.25) is 0 Å². The molecule has 0 aromatic heterocycles. The van der Waals surface area contributed by atoms with Crippen molar-refractivity contribution >= 4 is 18.0 Å². The fourth-order valence-electron chi connectivity index (χ4n) is 3.74. The summed E-state index contributed by atoms with van der Waals surface area (Å²) in [5.41, 5.74) is -1.80. The van der Waals surface area contributed by atoms with Crippen molar-refractivity contribution in [3.63, 3.8) is 0 Å². The van der Waals surface area contributed by atoms with E-state index in [2.05, 4.69) is 0 Å². The molecule has 6 nitrogen and oxygen atoms in total. The summed E-state index contributed by atoms with van der Waals surface area (Å²) >= 11 is 0. The average molecular weight is 411 g/mol. The Morgan fingerprint density at radius 1 is 1.29 bits per heavy atom. The number of carboxylic acid groups (broad SMARTS) is 1. The highest BCUT2D eigenvalue weighted by Gasteiger charge is 2.50. The average Bonchev–Trinajstić information content (AvgIpc) is 2.92. The molecule has 2 fully saturated rings. The fraction of sp³-hybridized carbons (Fsp3) is 0.833. The van der Waals surface area contributed by atoms with E-state index in [1.54, 1.807) is 13.8 Å². The van der Waals surface area contributed by atoms with E-state index < -0.39 is 67.0 Å². The van der Waals surface area contributed by atoms with Crippen molar-refractivity contribution in [1.29, 1.82) is 0 Å². The first-order valence-electron chi connectivity index (χ1n) is 9.33. The Hall–Kier alpha value is -1.87. The van der Waals surface area contributed by atoms with Crippen LogP contribution in [0, 0.1) is 17.8 Å².